The van der Waals surface area contributed by atoms with Crippen LogP contribution in [0.2, 0.25) is 0 Å². The van der Waals surface area contributed by atoms with Crippen LogP contribution in [-0.4, -0.2) is 110 Å². The van der Waals surface area contributed by atoms with E-state index in [4.69, 9.17) is 14.2 Å². The van der Waals surface area contributed by atoms with E-state index in [0.717, 1.165) is 36.4 Å². The first-order chi connectivity index (χ1) is 24.0. The van der Waals surface area contributed by atoms with Gasteiger partial charge < -0.3 is 75.5 Å². The molecule has 0 unspecified atom stereocenters. The molecule has 18 heteroatoms. The molecule has 51 heavy (non-hydrogen) atoms. The van der Waals surface area contributed by atoms with Gasteiger partial charge in [0.15, 0.2) is 40.6 Å². The molecule has 0 aliphatic carbocycles. The van der Waals surface area contributed by atoms with Crippen LogP contribution in [0.5, 0.6) is 57.5 Å². The maximum absolute atomic E-state index is 13.4. The van der Waals surface area contributed by atoms with E-state index in [2.05, 4.69) is 0 Å². The topological polar surface area (TPSA) is 322 Å². The summed E-state index contributed by atoms with van der Waals surface area (Å²) in [5.74, 6) is -12.7. The molecule has 0 bridgehead atoms. The summed E-state index contributed by atoms with van der Waals surface area (Å²) in [7, 11) is 0. The predicted octanol–water partition coefficient (Wildman–Crippen LogP) is 1.22. The molecule has 1 aliphatic rings. The molecule has 1 saturated heterocycles. The van der Waals surface area contributed by atoms with Crippen LogP contribution in [0.25, 0.3) is 0 Å². The van der Waals surface area contributed by atoms with Crippen molar-refractivity contribution >= 4 is 17.7 Å². The van der Waals surface area contributed by atoms with Crippen LogP contribution in [0.1, 0.15) is 48.3 Å². The number of hydrogen-bond donors (Lipinski definition) is 12. The number of hydrogen-bond acceptors (Lipinski definition) is 18. The fourth-order valence-corrected chi connectivity index (χ4v) is 5.24. The second-order valence-electron chi connectivity index (χ2n) is 11.2. The monoisotopic (exact) mass is 712 g/mol. The van der Waals surface area contributed by atoms with Gasteiger partial charge in [0, 0.05) is 11.6 Å². The van der Waals surface area contributed by atoms with E-state index in [0.29, 0.717) is 18.2 Å². The van der Waals surface area contributed by atoms with Gasteiger partial charge in [0.05, 0.1) is 16.7 Å². The maximum Gasteiger partial charge on any atom is 0.338 e. The zero-order valence-corrected chi connectivity index (χ0v) is 25.6. The number of benzene rings is 4. The fourth-order valence-electron chi connectivity index (χ4n) is 5.24. The minimum atomic E-state index is -2.22. The number of carbonyl (C=O) groups excluding carboxylic acids is 3. The number of aromatic hydroxyl groups is 10. The Morgan fingerprint density at radius 3 is 1.63 bits per heavy atom. The molecule has 1 heterocycles. The Labute approximate surface area is 284 Å². The number of esters is 2. The molecule has 5 rings (SSSR count). The lowest BCUT2D eigenvalue weighted by atomic mass is 9.88. The SMILES string of the molecule is O=C(OC[C@H]1O[C@@H](c2c(O)cc(O)c(C(=O)c3ccc(O)cc3)c2O)[C@H](OC(=O)c2cc(O)c(O)c(O)c2)[C@@H](O)[C@@H]1O)c1cc(O)c(O)c(O)c1. The first kappa shape index (κ1) is 35.7. The summed E-state index contributed by atoms with van der Waals surface area (Å²) in [4.78, 5) is 39.2. The van der Waals surface area contributed by atoms with Gasteiger partial charge in [0.25, 0.3) is 0 Å². The van der Waals surface area contributed by atoms with Crippen LogP contribution >= 0.6 is 0 Å². The second kappa shape index (κ2) is 13.7. The van der Waals surface area contributed by atoms with Crippen LogP contribution < -0.4 is 0 Å². The summed E-state index contributed by atoms with van der Waals surface area (Å²) in [6, 6.07) is 7.97. The number of phenolic OH excluding ortho intramolecular Hbond substituents is 10. The zero-order valence-electron chi connectivity index (χ0n) is 25.6. The summed E-state index contributed by atoms with van der Waals surface area (Å²) < 4.78 is 16.2. The van der Waals surface area contributed by atoms with E-state index in [1.165, 1.54) is 0 Å². The van der Waals surface area contributed by atoms with Crippen LogP contribution in [0.3, 0.4) is 0 Å². The van der Waals surface area contributed by atoms with Crippen LogP contribution in [-0.2, 0) is 14.2 Å². The van der Waals surface area contributed by atoms with Crippen LogP contribution in [0.4, 0.5) is 0 Å². The van der Waals surface area contributed by atoms with Crippen molar-refractivity contribution in [3.8, 4) is 57.5 Å². The van der Waals surface area contributed by atoms with Gasteiger partial charge in [-0.3, -0.25) is 4.79 Å². The third-order valence-corrected chi connectivity index (χ3v) is 7.86. The van der Waals surface area contributed by atoms with E-state index < -0.39 is 129 Å². The molecule has 268 valence electrons. The van der Waals surface area contributed by atoms with Crippen molar-refractivity contribution in [3.63, 3.8) is 0 Å². The average molecular weight is 713 g/mol. The number of phenols is 10. The minimum absolute atomic E-state index is 0.166. The summed E-state index contributed by atoms with van der Waals surface area (Å²) in [6.45, 7) is -0.935. The molecule has 1 aliphatic heterocycles. The molecule has 4 aromatic carbocycles. The summed E-state index contributed by atoms with van der Waals surface area (Å²) in [6.07, 6.45) is -10.3. The molecular weight excluding hydrogens is 684 g/mol. The Kier molecular flexibility index (Phi) is 9.59. The number of aliphatic hydroxyl groups is 2. The van der Waals surface area contributed by atoms with Gasteiger partial charge in [0.2, 0.25) is 5.78 Å². The number of aliphatic hydroxyl groups excluding tert-OH is 2. The minimum Gasteiger partial charge on any atom is -0.508 e. The molecule has 0 spiro atoms. The largest absolute Gasteiger partial charge is 0.508 e. The van der Waals surface area contributed by atoms with Crippen molar-refractivity contribution in [1.82, 2.24) is 0 Å². The molecule has 5 atom stereocenters. The zero-order chi connectivity index (χ0) is 37.5. The molecule has 0 amide bonds. The highest BCUT2D eigenvalue weighted by molar-refractivity contribution is 6.13. The molecule has 0 radical (unpaired) electrons. The van der Waals surface area contributed by atoms with Crippen LogP contribution in [0, 0.1) is 0 Å². The van der Waals surface area contributed by atoms with Crippen molar-refractivity contribution in [2.45, 2.75) is 30.5 Å². The number of rotatable bonds is 8. The first-order valence-corrected chi connectivity index (χ1v) is 14.5. The lowest BCUT2D eigenvalue weighted by Gasteiger charge is -2.42. The molecule has 18 nitrogen and oxygen atoms in total. The Morgan fingerprint density at radius 1 is 0.588 bits per heavy atom. The number of carbonyl (C=O) groups is 3. The molecule has 0 saturated carbocycles. The Bertz CT molecular complexity index is 1980. The van der Waals surface area contributed by atoms with E-state index in [-0.39, 0.29) is 11.3 Å². The quantitative estimate of drug-likeness (QED) is 0.0694. The molecule has 0 aromatic heterocycles. The Balaban J connectivity index is 1.55. The summed E-state index contributed by atoms with van der Waals surface area (Å²) in [5, 5.41) is 123. The van der Waals surface area contributed by atoms with Crippen LogP contribution in [0.15, 0.2) is 54.6 Å². The summed E-state index contributed by atoms with van der Waals surface area (Å²) in [5.41, 5.74) is -2.88. The van der Waals surface area contributed by atoms with Crippen molar-refractivity contribution < 1.29 is 89.9 Å². The van der Waals surface area contributed by atoms with Crippen molar-refractivity contribution in [2.24, 2.45) is 0 Å². The normalized spacial score (nSPS) is 20.0. The van der Waals surface area contributed by atoms with E-state index in [9.17, 15) is 75.7 Å². The van der Waals surface area contributed by atoms with Gasteiger partial charge >= 0.3 is 11.9 Å². The fraction of sp³-hybridized carbons (Fsp3) is 0.182. The molecule has 12 N–H and O–H groups in total. The standard InChI is InChI=1S/C33H28O18/c34-14-3-1-11(2-4-14)24(41)22-15(35)9-16(36)23(28(22)45)30-31(51-33(48)13-7-19(39)26(43)20(40)8-13)29(46)27(44)21(50-30)10-49-32(47)12-5-17(37)25(42)18(38)6-12/h1-9,21,27,29-31,34-40,42-46H,10H2/t21-,27-,29+,30+,31-/m1/s1. The number of ether oxygens (including phenoxy) is 3. The predicted molar refractivity (Wildman–Crippen MR) is 165 cm³/mol. The highest BCUT2D eigenvalue weighted by atomic mass is 16.6. The van der Waals surface area contributed by atoms with Gasteiger partial charge in [-0.25, -0.2) is 9.59 Å². The Hall–Kier alpha value is -6.63. The third kappa shape index (κ3) is 6.81. The molecule has 4 aromatic rings. The highest BCUT2D eigenvalue weighted by Gasteiger charge is 2.50. The van der Waals surface area contributed by atoms with E-state index >= 15 is 0 Å². The maximum atomic E-state index is 13.4. The smallest absolute Gasteiger partial charge is 0.338 e. The number of ketones is 1. The van der Waals surface area contributed by atoms with E-state index in [1.807, 2.05) is 0 Å². The van der Waals surface area contributed by atoms with E-state index in [1.54, 1.807) is 0 Å². The second-order valence-corrected chi connectivity index (χ2v) is 11.2. The van der Waals surface area contributed by atoms with Crippen molar-refractivity contribution in [1.29, 1.82) is 0 Å². The molecule has 1 fully saturated rings. The van der Waals surface area contributed by atoms with Crippen molar-refractivity contribution in [3.05, 3.63) is 82.4 Å². The van der Waals surface area contributed by atoms with Gasteiger partial charge in [0.1, 0.15) is 59.6 Å². The van der Waals surface area contributed by atoms with Gasteiger partial charge in [-0.15, -0.1) is 0 Å². The average Bonchev–Trinajstić information content (AvgIpc) is 3.07. The third-order valence-electron chi connectivity index (χ3n) is 7.86. The van der Waals surface area contributed by atoms with Gasteiger partial charge in [-0.2, -0.15) is 0 Å². The lowest BCUT2D eigenvalue weighted by Crippen LogP contribution is -2.57. The summed E-state index contributed by atoms with van der Waals surface area (Å²) >= 11 is 0. The Morgan fingerprint density at radius 2 is 1.10 bits per heavy atom. The lowest BCUT2D eigenvalue weighted by molar-refractivity contribution is -0.232. The van der Waals surface area contributed by atoms with Crippen molar-refractivity contribution in [2.75, 3.05) is 6.61 Å². The van der Waals surface area contributed by atoms with Gasteiger partial charge in [-0.1, -0.05) is 0 Å². The highest BCUT2D eigenvalue weighted by Crippen LogP contribution is 2.48. The molecular formula is C33H28O18. The first-order valence-electron chi connectivity index (χ1n) is 14.5. The van der Waals surface area contributed by atoms with Gasteiger partial charge in [-0.05, 0) is 48.5 Å².